The Bertz CT molecular complexity index is 130. The van der Waals surface area contributed by atoms with Gasteiger partial charge in [0.2, 0.25) is 0 Å². The minimum atomic E-state index is 0.284. The predicted molar refractivity (Wildman–Crippen MR) is 57.8 cm³/mol. The first-order valence-electron chi connectivity index (χ1n) is 4.38. The molecule has 0 fully saturated rings. The molecule has 0 atom stereocenters. The van der Waals surface area contributed by atoms with E-state index in [4.69, 9.17) is 4.74 Å². The van der Waals surface area contributed by atoms with Crippen molar-refractivity contribution in [3.63, 3.8) is 0 Å². The lowest BCUT2D eigenvalue weighted by Crippen LogP contribution is -2.27. The largest absolute Gasteiger partial charge is 0.384 e. The molecule has 0 saturated heterocycles. The molecule has 0 aromatic carbocycles. The van der Waals surface area contributed by atoms with E-state index in [-0.39, 0.29) is 5.41 Å². The molecule has 0 aromatic rings. The van der Waals surface area contributed by atoms with Crippen molar-refractivity contribution in [1.29, 1.82) is 0 Å². The van der Waals surface area contributed by atoms with Crippen LogP contribution in [-0.2, 0) is 4.74 Å². The van der Waals surface area contributed by atoms with Crippen molar-refractivity contribution >= 4 is 15.9 Å². The van der Waals surface area contributed by atoms with Gasteiger partial charge in [-0.3, -0.25) is 0 Å². The molecule has 0 bridgehead atoms. The Morgan fingerprint density at radius 3 is 1.92 bits per heavy atom. The van der Waals surface area contributed by atoms with Gasteiger partial charge in [0.05, 0.1) is 6.61 Å². The van der Waals surface area contributed by atoms with Crippen LogP contribution < -0.4 is 0 Å². The number of rotatable bonds is 5. The normalized spacial score (nSPS) is 13.5. The van der Waals surface area contributed by atoms with Crippen molar-refractivity contribution in [2.75, 3.05) is 19.0 Å². The first kappa shape index (κ1) is 12.4. The van der Waals surface area contributed by atoms with E-state index < -0.39 is 0 Å². The summed E-state index contributed by atoms with van der Waals surface area (Å²) in [7, 11) is 1.77. The lowest BCUT2D eigenvalue weighted by atomic mass is 9.77. The van der Waals surface area contributed by atoms with Crippen LogP contribution in [-0.4, -0.2) is 19.0 Å². The number of alkyl halides is 1. The molecule has 1 nitrogen and oxygen atoms in total. The van der Waals surface area contributed by atoms with Crippen LogP contribution in [0.25, 0.3) is 0 Å². The van der Waals surface area contributed by atoms with Crippen molar-refractivity contribution in [2.45, 2.75) is 34.1 Å². The molecule has 0 N–H and O–H groups in total. The summed E-state index contributed by atoms with van der Waals surface area (Å²) in [5, 5.41) is 1.05. The minimum Gasteiger partial charge on any atom is -0.384 e. The third-order valence-corrected chi connectivity index (χ3v) is 3.37. The fraction of sp³-hybridized carbons (Fsp3) is 1.00. The summed E-state index contributed by atoms with van der Waals surface area (Å²) in [6.45, 7) is 9.89. The van der Waals surface area contributed by atoms with Gasteiger partial charge in [0.15, 0.2) is 0 Å². The fourth-order valence-corrected chi connectivity index (χ4v) is 1.98. The lowest BCUT2D eigenvalue weighted by molar-refractivity contribution is 0.0737. The van der Waals surface area contributed by atoms with Gasteiger partial charge in [0.25, 0.3) is 0 Å². The molecule has 0 unspecified atom stereocenters. The zero-order valence-electron chi connectivity index (χ0n) is 8.91. The second-order valence-corrected chi connectivity index (χ2v) is 5.63. The van der Waals surface area contributed by atoms with E-state index in [1.807, 2.05) is 0 Å². The van der Waals surface area contributed by atoms with Crippen molar-refractivity contribution in [3.05, 3.63) is 0 Å². The quantitative estimate of drug-likeness (QED) is 0.665. The second kappa shape index (κ2) is 4.61. The molecule has 0 aliphatic carbocycles. The van der Waals surface area contributed by atoms with E-state index >= 15 is 0 Å². The van der Waals surface area contributed by atoms with Gasteiger partial charge in [-0.05, 0) is 17.3 Å². The first-order chi connectivity index (χ1) is 5.33. The lowest BCUT2D eigenvalue weighted by Gasteiger charge is -2.33. The third kappa shape index (κ3) is 5.15. The average molecular weight is 237 g/mol. The molecule has 0 spiro atoms. The van der Waals surface area contributed by atoms with Crippen molar-refractivity contribution in [3.8, 4) is 0 Å². The highest BCUT2D eigenvalue weighted by atomic mass is 79.9. The molecule has 0 heterocycles. The summed E-state index contributed by atoms with van der Waals surface area (Å²) in [6.07, 6.45) is 1.18. The molecule has 0 amide bonds. The molecule has 12 heavy (non-hydrogen) atoms. The molecular weight excluding hydrogens is 216 g/mol. The maximum absolute atomic E-state index is 5.18. The first-order valence-corrected chi connectivity index (χ1v) is 5.50. The molecule has 0 aliphatic heterocycles. The van der Waals surface area contributed by atoms with Gasteiger partial charge in [-0.15, -0.1) is 0 Å². The predicted octanol–water partition coefficient (Wildman–Crippen LogP) is 3.47. The van der Waals surface area contributed by atoms with E-state index in [0.29, 0.717) is 5.41 Å². The van der Waals surface area contributed by atoms with Gasteiger partial charge >= 0.3 is 0 Å². The van der Waals surface area contributed by atoms with Crippen molar-refractivity contribution < 1.29 is 4.74 Å². The van der Waals surface area contributed by atoms with Gasteiger partial charge in [-0.25, -0.2) is 0 Å². The Hall–Kier alpha value is 0.440. The zero-order chi connectivity index (χ0) is 9.83. The molecular formula is C10H21BrO. The van der Waals surface area contributed by atoms with Crippen LogP contribution >= 0.6 is 15.9 Å². The van der Waals surface area contributed by atoms with Crippen molar-refractivity contribution in [1.82, 2.24) is 0 Å². The van der Waals surface area contributed by atoms with E-state index in [1.165, 1.54) is 6.42 Å². The van der Waals surface area contributed by atoms with Gasteiger partial charge in [0, 0.05) is 12.4 Å². The molecule has 0 rings (SSSR count). The zero-order valence-corrected chi connectivity index (χ0v) is 10.5. The number of ether oxygens (including phenoxy) is 1. The van der Waals surface area contributed by atoms with Gasteiger partial charge < -0.3 is 4.74 Å². The van der Waals surface area contributed by atoms with Crippen LogP contribution in [0.5, 0.6) is 0 Å². The Balaban J connectivity index is 4.04. The second-order valence-electron chi connectivity index (χ2n) is 5.07. The molecule has 74 valence electrons. The Morgan fingerprint density at radius 1 is 1.08 bits per heavy atom. The van der Waals surface area contributed by atoms with Gasteiger partial charge in [-0.1, -0.05) is 43.6 Å². The molecule has 0 aromatic heterocycles. The maximum atomic E-state index is 5.18. The molecule has 0 saturated carbocycles. The van der Waals surface area contributed by atoms with Crippen LogP contribution in [0.4, 0.5) is 0 Å². The standard InChI is InChI=1S/C10H21BrO/c1-9(2,7-11)6-10(3,4)8-12-5/h6-8H2,1-5H3. The summed E-state index contributed by atoms with van der Waals surface area (Å²) >= 11 is 3.53. The number of halogens is 1. The smallest absolute Gasteiger partial charge is 0.0513 e. The maximum Gasteiger partial charge on any atom is 0.0513 e. The number of hydrogen-bond donors (Lipinski definition) is 0. The van der Waals surface area contributed by atoms with Crippen molar-refractivity contribution in [2.24, 2.45) is 10.8 Å². The Morgan fingerprint density at radius 2 is 1.58 bits per heavy atom. The monoisotopic (exact) mass is 236 g/mol. The Kier molecular flexibility index (Phi) is 4.78. The Labute approximate surface area is 85.0 Å². The topological polar surface area (TPSA) is 9.23 Å². The highest BCUT2D eigenvalue weighted by Crippen LogP contribution is 2.34. The van der Waals surface area contributed by atoms with E-state index in [0.717, 1.165) is 11.9 Å². The molecule has 0 aliphatic rings. The van der Waals surface area contributed by atoms with Crippen LogP contribution in [0.1, 0.15) is 34.1 Å². The molecule has 2 heteroatoms. The summed E-state index contributed by atoms with van der Waals surface area (Å²) in [5.74, 6) is 0. The van der Waals surface area contributed by atoms with Crippen LogP contribution in [0.3, 0.4) is 0 Å². The minimum absolute atomic E-state index is 0.284. The molecule has 0 radical (unpaired) electrons. The highest BCUT2D eigenvalue weighted by Gasteiger charge is 2.27. The van der Waals surface area contributed by atoms with Crippen LogP contribution in [0.15, 0.2) is 0 Å². The van der Waals surface area contributed by atoms with Gasteiger partial charge in [-0.2, -0.15) is 0 Å². The average Bonchev–Trinajstić information content (AvgIpc) is 1.85. The summed E-state index contributed by atoms with van der Waals surface area (Å²) in [6, 6.07) is 0. The van der Waals surface area contributed by atoms with Crippen LogP contribution in [0, 0.1) is 10.8 Å². The van der Waals surface area contributed by atoms with E-state index in [1.54, 1.807) is 7.11 Å². The number of hydrogen-bond acceptors (Lipinski definition) is 1. The highest BCUT2D eigenvalue weighted by molar-refractivity contribution is 9.09. The summed E-state index contributed by atoms with van der Waals surface area (Å²) < 4.78 is 5.18. The van der Waals surface area contributed by atoms with E-state index in [2.05, 4.69) is 43.6 Å². The fourth-order valence-electron chi connectivity index (χ4n) is 1.78. The van der Waals surface area contributed by atoms with E-state index in [9.17, 15) is 0 Å². The summed E-state index contributed by atoms with van der Waals surface area (Å²) in [4.78, 5) is 0. The number of methoxy groups -OCH3 is 1. The van der Waals surface area contributed by atoms with Gasteiger partial charge in [0.1, 0.15) is 0 Å². The summed E-state index contributed by atoms with van der Waals surface area (Å²) in [5.41, 5.74) is 0.647. The third-order valence-electron chi connectivity index (χ3n) is 1.85. The van der Waals surface area contributed by atoms with Crippen LogP contribution in [0.2, 0.25) is 0 Å². The SMILES string of the molecule is COCC(C)(C)CC(C)(C)CBr.